The standard InChI is InChI=1S/C16H22BrNO2/c1-3-20-15(19)16(2,18-14-9-4-5-10-14)12-7-6-8-13(17)11-12/h6-8,11,14,18H,3-5,9-10H2,1-2H3. The minimum atomic E-state index is -0.783. The van der Waals surface area contributed by atoms with Gasteiger partial charge in [-0.15, -0.1) is 0 Å². The highest BCUT2D eigenvalue weighted by atomic mass is 79.9. The van der Waals surface area contributed by atoms with Crippen molar-refractivity contribution in [2.75, 3.05) is 6.61 Å². The minimum absolute atomic E-state index is 0.204. The largest absolute Gasteiger partial charge is 0.464 e. The van der Waals surface area contributed by atoms with Crippen LogP contribution in [-0.2, 0) is 15.1 Å². The maximum Gasteiger partial charge on any atom is 0.330 e. The van der Waals surface area contributed by atoms with Crippen molar-refractivity contribution in [2.45, 2.75) is 51.1 Å². The number of nitrogens with one attached hydrogen (secondary N) is 1. The van der Waals surface area contributed by atoms with E-state index in [0.29, 0.717) is 12.6 Å². The molecule has 1 unspecified atom stereocenters. The topological polar surface area (TPSA) is 38.3 Å². The molecule has 1 saturated carbocycles. The molecule has 0 radical (unpaired) electrons. The Balaban J connectivity index is 2.29. The number of carbonyl (C=O) groups is 1. The van der Waals surface area contributed by atoms with E-state index in [-0.39, 0.29) is 5.97 Å². The van der Waals surface area contributed by atoms with Crippen molar-refractivity contribution in [1.29, 1.82) is 0 Å². The number of esters is 1. The third-order valence-electron chi connectivity index (χ3n) is 3.93. The van der Waals surface area contributed by atoms with Crippen LogP contribution in [0, 0.1) is 0 Å². The number of hydrogen-bond donors (Lipinski definition) is 1. The van der Waals surface area contributed by atoms with Crippen molar-refractivity contribution < 1.29 is 9.53 Å². The van der Waals surface area contributed by atoms with Crippen molar-refractivity contribution in [3.8, 4) is 0 Å². The molecule has 1 fully saturated rings. The van der Waals surface area contributed by atoms with Crippen molar-refractivity contribution >= 4 is 21.9 Å². The van der Waals surface area contributed by atoms with E-state index in [1.807, 2.05) is 38.1 Å². The van der Waals surface area contributed by atoms with Crippen LogP contribution in [0.4, 0.5) is 0 Å². The molecular weight excluding hydrogens is 318 g/mol. The van der Waals surface area contributed by atoms with Gasteiger partial charge in [-0.3, -0.25) is 5.32 Å². The van der Waals surface area contributed by atoms with Gasteiger partial charge in [-0.05, 0) is 44.4 Å². The summed E-state index contributed by atoms with van der Waals surface area (Å²) in [5.41, 5.74) is 0.159. The van der Waals surface area contributed by atoms with E-state index < -0.39 is 5.54 Å². The summed E-state index contributed by atoms with van der Waals surface area (Å²) >= 11 is 3.48. The molecule has 0 heterocycles. The lowest BCUT2D eigenvalue weighted by atomic mass is 9.90. The molecule has 0 amide bonds. The van der Waals surface area contributed by atoms with Crippen LogP contribution in [0.3, 0.4) is 0 Å². The van der Waals surface area contributed by atoms with Gasteiger partial charge in [0.1, 0.15) is 5.54 Å². The van der Waals surface area contributed by atoms with E-state index in [0.717, 1.165) is 22.9 Å². The number of hydrogen-bond acceptors (Lipinski definition) is 3. The van der Waals surface area contributed by atoms with Crippen molar-refractivity contribution in [1.82, 2.24) is 5.32 Å². The molecule has 0 spiro atoms. The Bertz CT molecular complexity index is 471. The van der Waals surface area contributed by atoms with Crippen molar-refractivity contribution in [3.63, 3.8) is 0 Å². The van der Waals surface area contributed by atoms with Crippen LogP contribution in [0.25, 0.3) is 0 Å². The molecule has 110 valence electrons. The SMILES string of the molecule is CCOC(=O)C(C)(NC1CCCC1)c1cccc(Br)c1. The summed E-state index contributed by atoms with van der Waals surface area (Å²) in [5.74, 6) is -0.204. The molecule has 4 heteroatoms. The van der Waals surface area contributed by atoms with E-state index in [9.17, 15) is 4.79 Å². The molecule has 0 bridgehead atoms. The molecule has 0 saturated heterocycles. The zero-order valence-electron chi connectivity index (χ0n) is 12.1. The average Bonchev–Trinajstić information content (AvgIpc) is 2.91. The maximum atomic E-state index is 12.5. The maximum absolute atomic E-state index is 12.5. The third-order valence-corrected chi connectivity index (χ3v) is 4.43. The van der Waals surface area contributed by atoms with Crippen LogP contribution in [0.15, 0.2) is 28.7 Å². The van der Waals surface area contributed by atoms with E-state index >= 15 is 0 Å². The Labute approximate surface area is 129 Å². The summed E-state index contributed by atoms with van der Waals surface area (Å²) < 4.78 is 6.27. The van der Waals surface area contributed by atoms with Crippen LogP contribution < -0.4 is 5.32 Å². The van der Waals surface area contributed by atoms with Crippen LogP contribution >= 0.6 is 15.9 Å². The second kappa shape index (κ2) is 6.72. The third kappa shape index (κ3) is 3.41. The van der Waals surface area contributed by atoms with E-state index in [1.54, 1.807) is 0 Å². The molecule has 1 atom stereocenters. The Morgan fingerprint density at radius 3 is 2.75 bits per heavy atom. The Morgan fingerprint density at radius 1 is 1.45 bits per heavy atom. The highest BCUT2D eigenvalue weighted by Gasteiger charge is 2.39. The first-order chi connectivity index (χ1) is 9.56. The molecule has 2 rings (SSSR count). The predicted octanol–water partition coefficient (Wildman–Crippen LogP) is 3.76. The molecule has 1 N–H and O–H groups in total. The monoisotopic (exact) mass is 339 g/mol. The number of halogens is 1. The van der Waals surface area contributed by atoms with E-state index in [1.165, 1.54) is 12.8 Å². The molecule has 1 aromatic carbocycles. The first kappa shape index (κ1) is 15.5. The van der Waals surface area contributed by atoms with Gasteiger partial charge < -0.3 is 4.74 Å². The number of benzene rings is 1. The zero-order chi connectivity index (χ0) is 14.6. The van der Waals surface area contributed by atoms with Crippen molar-refractivity contribution in [2.24, 2.45) is 0 Å². The fraction of sp³-hybridized carbons (Fsp3) is 0.562. The van der Waals surface area contributed by atoms with Crippen LogP contribution in [0.5, 0.6) is 0 Å². The first-order valence-corrected chi connectivity index (χ1v) is 8.06. The molecule has 1 aromatic rings. The lowest BCUT2D eigenvalue weighted by molar-refractivity contribution is -0.151. The number of carbonyl (C=O) groups excluding carboxylic acids is 1. The van der Waals surface area contributed by atoms with Crippen LogP contribution in [-0.4, -0.2) is 18.6 Å². The van der Waals surface area contributed by atoms with Crippen LogP contribution in [0.2, 0.25) is 0 Å². The summed E-state index contributed by atoms with van der Waals surface area (Å²) in [6, 6.07) is 8.27. The second-order valence-corrected chi connectivity index (χ2v) is 6.40. The lowest BCUT2D eigenvalue weighted by Crippen LogP contribution is -2.51. The van der Waals surface area contributed by atoms with Gasteiger partial charge in [0.25, 0.3) is 0 Å². The van der Waals surface area contributed by atoms with Gasteiger partial charge in [-0.2, -0.15) is 0 Å². The summed E-state index contributed by atoms with van der Waals surface area (Å²) in [7, 11) is 0. The Morgan fingerprint density at radius 2 is 2.15 bits per heavy atom. The molecule has 0 aromatic heterocycles. The molecule has 3 nitrogen and oxygen atoms in total. The smallest absolute Gasteiger partial charge is 0.330 e. The van der Waals surface area contributed by atoms with Gasteiger partial charge >= 0.3 is 5.97 Å². The summed E-state index contributed by atoms with van der Waals surface area (Å²) in [6.45, 7) is 4.16. The van der Waals surface area contributed by atoms with Gasteiger partial charge in [-0.25, -0.2) is 4.79 Å². The fourth-order valence-corrected chi connectivity index (χ4v) is 3.21. The highest BCUT2D eigenvalue weighted by Crippen LogP contribution is 2.29. The summed E-state index contributed by atoms with van der Waals surface area (Å²) in [6.07, 6.45) is 4.72. The molecule has 1 aliphatic carbocycles. The number of rotatable bonds is 5. The number of ether oxygens (including phenoxy) is 1. The normalized spacial score (nSPS) is 18.8. The zero-order valence-corrected chi connectivity index (χ0v) is 13.7. The van der Waals surface area contributed by atoms with Gasteiger partial charge in [0.2, 0.25) is 0 Å². The molecule has 20 heavy (non-hydrogen) atoms. The quantitative estimate of drug-likeness (QED) is 0.830. The molecule has 1 aliphatic rings. The van der Waals surface area contributed by atoms with Gasteiger partial charge in [0, 0.05) is 10.5 Å². The van der Waals surface area contributed by atoms with Gasteiger partial charge in [0.15, 0.2) is 0 Å². The summed E-state index contributed by atoms with van der Waals surface area (Å²) in [5, 5.41) is 3.53. The Hall–Kier alpha value is -0.870. The minimum Gasteiger partial charge on any atom is -0.464 e. The van der Waals surface area contributed by atoms with E-state index in [2.05, 4.69) is 21.2 Å². The van der Waals surface area contributed by atoms with E-state index in [4.69, 9.17) is 4.74 Å². The first-order valence-electron chi connectivity index (χ1n) is 7.27. The predicted molar refractivity (Wildman–Crippen MR) is 83.5 cm³/mol. The molecular formula is C16H22BrNO2. The lowest BCUT2D eigenvalue weighted by Gasteiger charge is -2.32. The van der Waals surface area contributed by atoms with Gasteiger partial charge in [-0.1, -0.05) is 40.9 Å². The molecule has 0 aliphatic heterocycles. The van der Waals surface area contributed by atoms with Crippen LogP contribution in [0.1, 0.15) is 45.1 Å². The highest BCUT2D eigenvalue weighted by molar-refractivity contribution is 9.10. The Kier molecular flexibility index (Phi) is 5.22. The van der Waals surface area contributed by atoms with Gasteiger partial charge in [0.05, 0.1) is 6.61 Å². The second-order valence-electron chi connectivity index (χ2n) is 5.48. The average molecular weight is 340 g/mol. The fourth-order valence-electron chi connectivity index (χ4n) is 2.81. The van der Waals surface area contributed by atoms with Crippen molar-refractivity contribution in [3.05, 3.63) is 34.3 Å². The summed E-state index contributed by atoms with van der Waals surface area (Å²) in [4.78, 5) is 12.5.